The monoisotopic (exact) mass is 386 g/mol. The molecule has 5 nitrogen and oxygen atoms in total. The molecule has 140 valence electrons. The van der Waals surface area contributed by atoms with Gasteiger partial charge in [-0.3, -0.25) is 9.59 Å². The summed E-state index contributed by atoms with van der Waals surface area (Å²) < 4.78 is 19.3. The van der Waals surface area contributed by atoms with Crippen LogP contribution in [0.25, 0.3) is 0 Å². The average Bonchev–Trinajstić information content (AvgIpc) is 3.23. The number of fused-ring (bicyclic) bond motifs is 2. The zero-order chi connectivity index (χ0) is 19.2. The second-order valence-corrected chi connectivity index (χ2v) is 7.68. The number of amides is 2. The molecule has 1 spiro atoms. The fraction of sp³-hybridized carbons (Fsp3) is 0.300. The van der Waals surface area contributed by atoms with Crippen LogP contribution in [0.15, 0.2) is 42.5 Å². The Morgan fingerprint density at radius 3 is 2.85 bits per heavy atom. The third-order valence-electron chi connectivity index (χ3n) is 5.03. The lowest BCUT2D eigenvalue weighted by molar-refractivity contribution is -0.123. The Morgan fingerprint density at radius 1 is 1.30 bits per heavy atom. The number of likely N-dealkylation sites (N-methyl/N-ethyl adjacent to an activating group) is 1. The van der Waals surface area contributed by atoms with Crippen LogP contribution in [0.3, 0.4) is 0 Å². The maximum Gasteiger partial charge on any atom is 0.268 e. The van der Waals surface area contributed by atoms with Crippen LogP contribution < -0.4 is 9.64 Å². The van der Waals surface area contributed by atoms with Crippen molar-refractivity contribution in [3.8, 4) is 5.75 Å². The van der Waals surface area contributed by atoms with Crippen LogP contribution in [0, 0.1) is 5.82 Å². The number of carbonyl (C=O) groups is 2. The van der Waals surface area contributed by atoms with Crippen LogP contribution in [0.4, 0.5) is 10.1 Å². The average molecular weight is 386 g/mol. The van der Waals surface area contributed by atoms with Crippen LogP contribution in [0.5, 0.6) is 5.75 Å². The molecule has 1 fully saturated rings. The molecule has 2 amide bonds. The van der Waals surface area contributed by atoms with Crippen LogP contribution in [-0.4, -0.2) is 42.7 Å². The molecule has 0 aliphatic carbocycles. The van der Waals surface area contributed by atoms with Crippen LogP contribution in [0.2, 0.25) is 0 Å². The fourth-order valence-electron chi connectivity index (χ4n) is 3.81. The number of hydrogen-bond acceptors (Lipinski definition) is 4. The molecule has 1 unspecified atom stereocenters. The maximum absolute atomic E-state index is 14.0. The van der Waals surface area contributed by atoms with E-state index in [1.54, 1.807) is 40.1 Å². The first kappa shape index (κ1) is 17.9. The summed E-state index contributed by atoms with van der Waals surface area (Å²) in [4.78, 5) is 28.6. The Morgan fingerprint density at radius 2 is 2.11 bits per heavy atom. The molecule has 0 N–H and O–H groups in total. The van der Waals surface area contributed by atoms with Gasteiger partial charge in [0.05, 0.1) is 12.8 Å². The number of methoxy groups -OCH3 is 1. The van der Waals surface area contributed by atoms with Gasteiger partial charge in [-0.05, 0) is 43.3 Å². The minimum Gasteiger partial charge on any atom is -0.497 e. The normalized spacial score (nSPS) is 21.1. The minimum absolute atomic E-state index is 0.190. The van der Waals surface area contributed by atoms with Crippen molar-refractivity contribution in [3.63, 3.8) is 0 Å². The molecule has 1 saturated heterocycles. The van der Waals surface area contributed by atoms with Gasteiger partial charge < -0.3 is 14.5 Å². The highest BCUT2D eigenvalue weighted by Crippen LogP contribution is 2.54. The molecule has 7 heteroatoms. The van der Waals surface area contributed by atoms with Gasteiger partial charge in [-0.1, -0.05) is 6.07 Å². The molecule has 2 heterocycles. The lowest BCUT2D eigenvalue weighted by atomic mass is 10.0. The molecule has 2 aliphatic heterocycles. The van der Waals surface area contributed by atoms with Crippen molar-refractivity contribution >= 4 is 29.3 Å². The zero-order valence-corrected chi connectivity index (χ0v) is 15.9. The van der Waals surface area contributed by atoms with E-state index >= 15 is 0 Å². The van der Waals surface area contributed by atoms with Gasteiger partial charge in [0.15, 0.2) is 4.87 Å². The number of thioether (sulfide) groups is 1. The number of carbonyl (C=O) groups excluding carboxylic acids is 2. The number of hydrogen-bond donors (Lipinski definition) is 0. The highest BCUT2D eigenvalue weighted by molar-refractivity contribution is 8.01. The summed E-state index contributed by atoms with van der Waals surface area (Å²) in [7, 11) is 1.54. The first-order chi connectivity index (χ1) is 13.0. The predicted molar refractivity (Wildman–Crippen MR) is 103 cm³/mol. The van der Waals surface area contributed by atoms with E-state index in [-0.39, 0.29) is 11.8 Å². The Hall–Kier alpha value is -2.54. The molecular formula is C20H19FN2O3S. The fourth-order valence-corrected chi connectivity index (χ4v) is 5.27. The Labute approximate surface area is 161 Å². The van der Waals surface area contributed by atoms with E-state index in [4.69, 9.17) is 4.74 Å². The largest absolute Gasteiger partial charge is 0.497 e. The molecule has 0 bridgehead atoms. The molecule has 27 heavy (non-hydrogen) atoms. The van der Waals surface area contributed by atoms with E-state index in [1.807, 2.05) is 6.92 Å². The summed E-state index contributed by atoms with van der Waals surface area (Å²) in [5.41, 5.74) is 1.66. The smallest absolute Gasteiger partial charge is 0.268 e. The molecule has 4 rings (SSSR count). The quantitative estimate of drug-likeness (QED) is 0.813. The molecule has 0 saturated carbocycles. The van der Waals surface area contributed by atoms with Crippen molar-refractivity contribution in [1.29, 1.82) is 0 Å². The number of nitrogens with zero attached hydrogens (tertiary/aromatic N) is 2. The summed E-state index contributed by atoms with van der Waals surface area (Å²) in [6, 6.07) is 11.2. The summed E-state index contributed by atoms with van der Waals surface area (Å²) in [5, 5.41) is 0. The third kappa shape index (κ3) is 2.52. The van der Waals surface area contributed by atoms with Crippen molar-refractivity contribution in [2.24, 2.45) is 0 Å². The van der Waals surface area contributed by atoms with Crippen LogP contribution >= 0.6 is 11.8 Å². The van der Waals surface area contributed by atoms with Crippen LogP contribution in [-0.2, 0) is 9.67 Å². The van der Waals surface area contributed by atoms with Gasteiger partial charge in [0.1, 0.15) is 11.6 Å². The third-order valence-corrected chi connectivity index (χ3v) is 6.45. The molecule has 1 atom stereocenters. The zero-order valence-electron chi connectivity index (χ0n) is 15.1. The van der Waals surface area contributed by atoms with Crippen molar-refractivity contribution < 1.29 is 18.7 Å². The van der Waals surface area contributed by atoms with Crippen molar-refractivity contribution in [2.75, 3.05) is 30.9 Å². The Bertz CT molecular complexity index is 935. The predicted octanol–water partition coefficient (Wildman–Crippen LogP) is 3.24. The SMILES string of the molecule is CCN1C(=O)C2(SCCN2C(=O)c2cccc(OC)c2)c2cc(F)ccc21. The summed E-state index contributed by atoms with van der Waals surface area (Å²) in [6.45, 7) is 2.75. The van der Waals surface area contributed by atoms with E-state index in [2.05, 4.69) is 0 Å². The summed E-state index contributed by atoms with van der Waals surface area (Å²) in [6.07, 6.45) is 0. The number of rotatable bonds is 3. The molecule has 0 radical (unpaired) electrons. The highest BCUT2D eigenvalue weighted by Gasteiger charge is 2.59. The van der Waals surface area contributed by atoms with E-state index < -0.39 is 10.7 Å². The highest BCUT2D eigenvalue weighted by atomic mass is 32.2. The number of ether oxygens (including phenoxy) is 1. The molecule has 2 aromatic rings. The van der Waals surface area contributed by atoms with Gasteiger partial charge in [0, 0.05) is 30.0 Å². The lowest BCUT2D eigenvalue weighted by Gasteiger charge is -2.33. The first-order valence-electron chi connectivity index (χ1n) is 8.75. The summed E-state index contributed by atoms with van der Waals surface area (Å²) in [5.74, 6) is 0.306. The molecule has 2 aliphatic rings. The van der Waals surface area contributed by atoms with Gasteiger partial charge in [-0.15, -0.1) is 11.8 Å². The Kier molecular flexibility index (Phi) is 4.34. The maximum atomic E-state index is 14.0. The van der Waals surface area contributed by atoms with Gasteiger partial charge in [-0.2, -0.15) is 0 Å². The van der Waals surface area contributed by atoms with Gasteiger partial charge in [0.25, 0.3) is 11.8 Å². The van der Waals surface area contributed by atoms with E-state index in [0.29, 0.717) is 41.4 Å². The standard InChI is InChI=1S/C20H19FN2O3S/c1-3-22-17-8-7-14(21)12-16(17)20(19(22)25)23(9-10-27-20)18(24)13-5-4-6-15(11-13)26-2/h4-8,11-12H,3,9-10H2,1-2H3. The molecule has 0 aromatic heterocycles. The van der Waals surface area contributed by atoms with Gasteiger partial charge >= 0.3 is 0 Å². The second-order valence-electron chi connectivity index (χ2n) is 6.39. The number of anilines is 1. The van der Waals surface area contributed by atoms with E-state index in [9.17, 15) is 14.0 Å². The van der Waals surface area contributed by atoms with Gasteiger partial charge in [-0.25, -0.2) is 4.39 Å². The number of halogens is 1. The molecular weight excluding hydrogens is 367 g/mol. The Balaban J connectivity index is 1.83. The second kappa shape index (κ2) is 6.56. The van der Waals surface area contributed by atoms with Crippen molar-refractivity contribution in [1.82, 2.24) is 4.90 Å². The van der Waals surface area contributed by atoms with Gasteiger partial charge in [0.2, 0.25) is 0 Å². The van der Waals surface area contributed by atoms with Crippen molar-refractivity contribution in [2.45, 2.75) is 11.8 Å². The summed E-state index contributed by atoms with van der Waals surface area (Å²) >= 11 is 1.39. The van der Waals surface area contributed by atoms with Crippen molar-refractivity contribution in [3.05, 3.63) is 59.4 Å². The molecule has 2 aromatic carbocycles. The van der Waals surface area contributed by atoms with E-state index in [1.165, 1.54) is 31.0 Å². The van der Waals surface area contributed by atoms with Crippen LogP contribution in [0.1, 0.15) is 22.8 Å². The lowest BCUT2D eigenvalue weighted by Crippen LogP contribution is -2.50. The van der Waals surface area contributed by atoms with E-state index in [0.717, 1.165) is 0 Å². The minimum atomic E-state index is -1.21. The number of benzene rings is 2. The first-order valence-corrected chi connectivity index (χ1v) is 9.73. The topological polar surface area (TPSA) is 49.9 Å².